The van der Waals surface area contributed by atoms with Gasteiger partial charge in [-0.15, -0.1) is 11.3 Å². The van der Waals surface area contributed by atoms with E-state index in [0.29, 0.717) is 12.0 Å². The van der Waals surface area contributed by atoms with E-state index in [1.54, 1.807) is 11.3 Å². The molecule has 0 radical (unpaired) electrons. The summed E-state index contributed by atoms with van der Waals surface area (Å²) in [6, 6.07) is 6.87. The molecular formula is C15H19N5S. The Labute approximate surface area is 128 Å². The third-order valence-electron chi connectivity index (χ3n) is 4.01. The van der Waals surface area contributed by atoms with E-state index in [-0.39, 0.29) is 0 Å². The topological polar surface area (TPSA) is 67.1 Å². The predicted octanol–water partition coefficient (Wildman–Crippen LogP) is 2.87. The predicted molar refractivity (Wildman–Crippen MR) is 85.3 cm³/mol. The molecule has 2 aliphatic rings. The molecule has 6 heteroatoms. The fourth-order valence-electron chi connectivity index (χ4n) is 2.55. The van der Waals surface area contributed by atoms with Gasteiger partial charge in [0.05, 0.1) is 6.54 Å². The highest BCUT2D eigenvalue weighted by Crippen LogP contribution is 2.40. The lowest BCUT2D eigenvalue weighted by molar-refractivity contribution is 0.771. The highest BCUT2D eigenvalue weighted by Gasteiger charge is 2.33. The van der Waals surface area contributed by atoms with Crippen LogP contribution in [-0.4, -0.2) is 16.0 Å². The number of thiophene rings is 1. The van der Waals surface area contributed by atoms with Crippen LogP contribution in [0.15, 0.2) is 23.6 Å². The summed E-state index contributed by atoms with van der Waals surface area (Å²) in [5.74, 6) is 8.78. The molecule has 2 fully saturated rings. The fourth-order valence-corrected chi connectivity index (χ4v) is 3.25. The molecule has 3 N–H and O–H groups in total. The number of hydrazine groups is 1. The number of nitrogens with two attached hydrogens (primary N) is 1. The first-order valence-electron chi connectivity index (χ1n) is 7.48. The molecule has 2 aromatic rings. The van der Waals surface area contributed by atoms with Crippen LogP contribution < -0.4 is 16.2 Å². The Bertz CT molecular complexity index is 619. The van der Waals surface area contributed by atoms with Crippen LogP contribution >= 0.6 is 11.3 Å². The van der Waals surface area contributed by atoms with E-state index in [1.165, 1.54) is 30.6 Å². The lowest BCUT2D eigenvalue weighted by Gasteiger charge is -2.23. The second-order valence-electron chi connectivity index (χ2n) is 5.83. The summed E-state index contributed by atoms with van der Waals surface area (Å²) in [7, 11) is 0. The van der Waals surface area contributed by atoms with Crippen LogP contribution in [0.4, 0.5) is 11.6 Å². The quantitative estimate of drug-likeness (QED) is 0.634. The Morgan fingerprint density at radius 3 is 2.76 bits per heavy atom. The normalized spacial score (nSPS) is 17.8. The molecule has 0 atom stereocenters. The molecule has 0 saturated heterocycles. The van der Waals surface area contributed by atoms with E-state index in [2.05, 4.69) is 32.8 Å². The molecule has 110 valence electrons. The van der Waals surface area contributed by atoms with Gasteiger partial charge in [0, 0.05) is 22.9 Å². The van der Waals surface area contributed by atoms with Crippen LogP contribution in [0.25, 0.3) is 0 Å². The molecule has 2 heterocycles. The van der Waals surface area contributed by atoms with Crippen molar-refractivity contribution in [3.8, 4) is 0 Å². The van der Waals surface area contributed by atoms with Crippen molar-refractivity contribution in [3.63, 3.8) is 0 Å². The highest BCUT2D eigenvalue weighted by atomic mass is 32.1. The summed E-state index contributed by atoms with van der Waals surface area (Å²) in [6.07, 6.45) is 4.89. The maximum absolute atomic E-state index is 5.58. The molecule has 0 spiro atoms. The molecule has 2 saturated carbocycles. The minimum Gasteiger partial charge on any atom is -0.348 e. The zero-order chi connectivity index (χ0) is 14.2. The SMILES string of the molecule is NNc1cc(N(Cc2cccs2)C2CC2)nc(C2CC2)n1. The Kier molecular flexibility index (Phi) is 3.27. The van der Waals surface area contributed by atoms with Crippen LogP contribution in [0.2, 0.25) is 0 Å². The zero-order valence-electron chi connectivity index (χ0n) is 11.8. The largest absolute Gasteiger partial charge is 0.348 e. The molecule has 21 heavy (non-hydrogen) atoms. The molecule has 0 aromatic carbocycles. The van der Waals surface area contributed by atoms with Gasteiger partial charge in [-0.05, 0) is 37.1 Å². The van der Waals surface area contributed by atoms with Crippen molar-refractivity contribution in [1.82, 2.24) is 9.97 Å². The van der Waals surface area contributed by atoms with Crippen LogP contribution in [0.1, 0.15) is 42.3 Å². The number of nitrogens with one attached hydrogen (secondary N) is 1. The maximum Gasteiger partial charge on any atom is 0.145 e. The van der Waals surface area contributed by atoms with E-state index >= 15 is 0 Å². The van der Waals surface area contributed by atoms with Gasteiger partial charge < -0.3 is 10.3 Å². The molecule has 0 bridgehead atoms. The van der Waals surface area contributed by atoms with Gasteiger partial charge in [0.25, 0.3) is 0 Å². The first-order chi connectivity index (χ1) is 10.3. The van der Waals surface area contributed by atoms with Gasteiger partial charge in [-0.3, -0.25) is 0 Å². The number of rotatable bonds is 6. The number of anilines is 2. The summed E-state index contributed by atoms with van der Waals surface area (Å²) in [6.45, 7) is 0.924. The second-order valence-corrected chi connectivity index (χ2v) is 6.86. The zero-order valence-corrected chi connectivity index (χ0v) is 12.6. The summed E-state index contributed by atoms with van der Waals surface area (Å²) >= 11 is 1.80. The number of aromatic nitrogens is 2. The summed E-state index contributed by atoms with van der Waals surface area (Å²) in [4.78, 5) is 13.1. The molecule has 0 amide bonds. The highest BCUT2D eigenvalue weighted by molar-refractivity contribution is 7.09. The molecule has 2 aromatic heterocycles. The van der Waals surface area contributed by atoms with E-state index < -0.39 is 0 Å². The Hall–Kier alpha value is -1.66. The smallest absolute Gasteiger partial charge is 0.145 e. The standard InChI is InChI=1S/C15H19N5S/c16-19-13-8-14(18-15(17-13)10-3-4-10)20(11-5-6-11)9-12-2-1-7-21-12/h1-2,7-8,10-11H,3-6,9,16H2,(H,17,18,19). The Morgan fingerprint density at radius 2 is 2.14 bits per heavy atom. The molecule has 2 aliphatic carbocycles. The van der Waals surface area contributed by atoms with Crippen LogP contribution in [0, 0.1) is 0 Å². The van der Waals surface area contributed by atoms with Gasteiger partial charge in [0.15, 0.2) is 0 Å². The van der Waals surface area contributed by atoms with Crippen molar-refractivity contribution in [1.29, 1.82) is 0 Å². The van der Waals surface area contributed by atoms with Gasteiger partial charge >= 0.3 is 0 Å². The minimum atomic E-state index is 0.528. The van der Waals surface area contributed by atoms with Crippen molar-refractivity contribution in [3.05, 3.63) is 34.3 Å². The van der Waals surface area contributed by atoms with Crippen molar-refractivity contribution < 1.29 is 0 Å². The van der Waals surface area contributed by atoms with Gasteiger partial charge in [0.2, 0.25) is 0 Å². The fraction of sp³-hybridized carbons (Fsp3) is 0.467. The Balaban J connectivity index is 1.66. The van der Waals surface area contributed by atoms with E-state index in [1.807, 2.05) is 6.07 Å². The molecule has 5 nitrogen and oxygen atoms in total. The van der Waals surface area contributed by atoms with Crippen LogP contribution in [-0.2, 0) is 6.54 Å². The maximum atomic E-state index is 5.58. The lowest BCUT2D eigenvalue weighted by Crippen LogP contribution is -2.26. The number of hydrogen-bond acceptors (Lipinski definition) is 6. The van der Waals surface area contributed by atoms with Crippen LogP contribution in [0.5, 0.6) is 0 Å². The van der Waals surface area contributed by atoms with Gasteiger partial charge in [-0.25, -0.2) is 15.8 Å². The first-order valence-corrected chi connectivity index (χ1v) is 8.36. The molecule has 4 rings (SSSR count). The minimum absolute atomic E-state index is 0.528. The summed E-state index contributed by atoms with van der Waals surface area (Å²) in [5.41, 5.74) is 2.69. The summed E-state index contributed by atoms with van der Waals surface area (Å²) < 4.78 is 0. The first kappa shape index (κ1) is 13.0. The van der Waals surface area contributed by atoms with Crippen molar-refractivity contribution in [2.75, 3.05) is 10.3 Å². The molecule has 0 aliphatic heterocycles. The number of nitrogen functional groups attached to an aromatic ring is 1. The van der Waals surface area contributed by atoms with E-state index in [0.717, 1.165) is 24.0 Å². The monoisotopic (exact) mass is 301 g/mol. The van der Waals surface area contributed by atoms with Crippen molar-refractivity contribution >= 4 is 23.0 Å². The van der Waals surface area contributed by atoms with E-state index in [9.17, 15) is 0 Å². The number of nitrogens with zero attached hydrogens (tertiary/aromatic N) is 3. The second kappa shape index (κ2) is 5.27. The Morgan fingerprint density at radius 1 is 1.29 bits per heavy atom. The molecule has 0 unspecified atom stereocenters. The number of hydrogen-bond donors (Lipinski definition) is 2. The van der Waals surface area contributed by atoms with Gasteiger partial charge in [0.1, 0.15) is 17.5 Å². The van der Waals surface area contributed by atoms with Gasteiger partial charge in [-0.1, -0.05) is 6.07 Å². The average molecular weight is 301 g/mol. The summed E-state index contributed by atoms with van der Waals surface area (Å²) in [5, 5.41) is 2.13. The van der Waals surface area contributed by atoms with Crippen molar-refractivity contribution in [2.24, 2.45) is 5.84 Å². The lowest BCUT2D eigenvalue weighted by atomic mass is 10.3. The third kappa shape index (κ3) is 2.87. The average Bonchev–Trinajstić information content (AvgIpc) is 3.43. The third-order valence-corrected chi connectivity index (χ3v) is 4.87. The van der Waals surface area contributed by atoms with Crippen molar-refractivity contribution in [2.45, 2.75) is 44.2 Å². The van der Waals surface area contributed by atoms with Crippen LogP contribution in [0.3, 0.4) is 0 Å². The van der Waals surface area contributed by atoms with E-state index in [4.69, 9.17) is 10.8 Å². The van der Waals surface area contributed by atoms with Gasteiger partial charge in [-0.2, -0.15) is 0 Å². The molecular weight excluding hydrogens is 282 g/mol.